The average molecular weight is 285 g/mol. The Morgan fingerprint density at radius 3 is 2.38 bits per heavy atom. The van der Waals surface area contributed by atoms with Gasteiger partial charge >= 0.3 is 0 Å². The van der Waals surface area contributed by atoms with Gasteiger partial charge in [-0.15, -0.1) is 0 Å². The van der Waals surface area contributed by atoms with Crippen LogP contribution in [0.3, 0.4) is 0 Å². The van der Waals surface area contributed by atoms with Crippen molar-refractivity contribution in [3.8, 4) is 0 Å². The highest BCUT2D eigenvalue weighted by Crippen LogP contribution is 2.21. The zero-order valence-electron chi connectivity index (χ0n) is 13.4. The molecular weight excluding hydrogens is 262 g/mol. The molecule has 0 N–H and O–H groups in total. The molecule has 0 saturated heterocycles. The fourth-order valence-corrected chi connectivity index (χ4v) is 2.13. The van der Waals surface area contributed by atoms with Crippen LogP contribution < -0.4 is 0 Å². The van der Waals surface area contributed by atoms with Crippen molar-refractivity contribution in [3.63, 3.8) is 0 Å². The standard InChI is InChI=1S/C17H23N3O/c1-13(14-9-7-6-8-10-14)19(5)16(21)15-11-18-20(12-15)17(2,3)4/h6-13H,1-5H3. The molecule has 0 aliphatic rings. The average Bonchev–Trinajstić information content (AvgIpc) is 2.95. The Hall–Kier alpha value is -2.10. The molecule has 1 unspecified atom stereocenters. The van der Waals surface area contributed by atoms with Gasteiger partial charge in [0.25, 0.3) is 5.91 Å². The summed E-state index contributed by atoms with van der Waals surface area (Å²) in [6.07, 6.45) is 3.46. The number of hydrogen-bond acceptors (Lipinski definition) is 2. The van der Waals surface area contributed by atoms with Crippen molar-refractivity contribution in [2.24, 2.45) is 0 Å². The van der Waals surface area contributed by atoms with Crippen molar-refractivity contribution in [1.29, 1.82) is 0 Å². The van der Waals surface area contributed by atoms with Gasteiger partial charge in [0.15, 0.2) is 0 Å². The largest absolute Gasteiger partial charge is 0.335 e. The summed E-state index contributed by atoms with van der Waals surface area (Å²) in [6.45, 7) is 8.21. The van der Waals surface area contributed by atoms with E-state index in [0.29, 0.717) is 5.56 Å². The molecule has 0 fully saturated rings. The van der Waals surface area contributed by atoms with Crippen LogP contribution in [0.15, 0.2) is 42.7 Å². The number of rotatable bonds is 3. The second-order valence-corrected chi connectivity index (χ2v) is 6.35. The first-order chi connectivity index (χ1) is 9.80. The van der Waals surface area contributed by atoms with Gasteiger partial charge in [0, 0.05) is 13.2 Å². The first-order valence-corrected chi connectivity index (χ1v) is 7.18. The Balaban J connectivity index is 2.18. The van der Waals surface area contributed by atoms with Crippen LogP contribution in [-0.4, -0.2) is 27.6 Å². The van der Waals surface area contributed by atoms with Gasteiger partial charge in [0.1, 0.15) is 0 Å². The van der Waals surface area contributed by atoms with Crippen LogP contribution in [-0.2, 0) is 5.54 Å². The molecule has 4 heteroatoms. The first kappa shape index (κ1) is 15.3. The highest BCUT2D eigenvalue weighted by Gasteiger charge is 2.22. The topological polar surface area (TPSA) is 38.1 Å². The highest BCUT2D eigenvalue weighted by atomic mass is 16.2. The minimum absolute atomic E-state index is 0.0122. The molecule has 0 radical (unpaired) electrons. The maximum Gasteiger partial charge on any atom is 0.257 e. The van der Waals surface area contributed by atoms with Gasteiger partial charge in [-0.25, -0.2) is 0 Å². The fraction of sp³-hybridized carbons (Fsp3) is 0.412. The van der Waals surface area contributed by atoms with E-state index in [0.717, 1.165) is 5.56 Å². The Morgan fingerprint density at radius 2 is 1.86 bits per heavy atom. The van der Waals surface area contributed by atoms with Crippen LogP contribution in [0.2, 0.25) is 0 Å². The minimum atomic E-state index is -0.123. The van der Waals surface area contributed by atoms with Gasteiger partial charge in [-0.3, -0.25) is 9.48 Å². The van der Waals surface area contributed by atoms with E-state index in [1.54, 1.807) is 11.1 Å². The van der Waals surface area contributed by atoms with E-state index in [1.165, 1.54) is 0 Å². The van der Waals surface area contributed by atoms with Crippen molar-refractivity contribution in [2.45, 2.75) is 39.3 Å². The zero-order chi connectivity index (χ0) is 15.6. The van der Waals surface area contributed by atoms with Gasteiger partial charge in [-0.2, -0.15) is 5.10 Å². The van der Waals surface area contributed by atoms with Crippen molar-refractivity contribution >= 4 is 5.91 Å². The SMILES string of the molecule is CC(c1ccccc1)N(C)C(=O)c1cnn(C(C)(C)C)c1. The van der Waals surface area contributed by atoms with E-state index in [2.05, 4.69) is 25.9 Å². The second-order valence-electron chi connectivity index (χ2n) is 6.35. The van der Waals surface area contributed by atoms with E-state index >= 15 is 0 Å². The molecule has 0 bridgehead atoms. The number of carbonyl (C=O) groups is 1. The Morgan fingerprint density at radius 1 is 1.24 bits per heavy atom. The summed E-state index contributed by atoms with van der Waals surface area (Å²) in [5, 5.41) is 4.29. The summed E-state index contributed by atoms with van der Waals surface area (Å²) in [4.78, 5) is 14.3. The van der Waals surface area contributed by atoms with E-state index in [1.807, 2.05) is 55.2 Å². The van der Waals surface area contributed by atoms with E-state index in [-0.39, 0.29) is 17.5 Å². The minimum Gasteiger partial charge on any atom is -0.335 e. The number of benzene rings is 1. The third kappa shape index (κ3) is 3.32. The molecule has 1 aromatic carbocycles. The van der Waals surface area contributed by atoms with Crippen molar-refractivity contribution in [1.82, 2.24) is 14.7 Å². The monoisotopic (exact) mass is 285 g/mol. The molecule has 2 aromatic rings. The van der Waals surface area contributed by atoms with Gasteiger partial charge in [0.05, 0.1) is 23.3 Å². The number of hydrogen-bond donors (Lipinski definition) is 0. The van der Waals surface area contributed by atoms with Crippen molar-refractivity contribution in [2.75, 3.05) is 7.05 Å². The van der Waals surface area contributed by atoms with Crippen LogP contribution in [0.5, 0.6) is 0 Å². The van der Waals surface area contributed by atoms with Crippen LogP contribution in [0, 0.1) is 0 Å². The lowest BCUT2D eigenvalue weighted by Crippen LogP contribution is -2.29. The van der Waals surface area contributed by atoms with E-state index in [9.17, 15) is 4.79 Å². The molecule has 112 valence electrons. The quantitative estimate of drug-likeness (QED) is 0.866. The van der Waals surface area contributed by atoms with Crippen LogP contribution >= 0.6 is 0 Å². The van der Waals surface area contributed by atoms with Gasteiger partial charge < -0.3 is 4.90 Å². The number of carbonyl (C=O) groups excluding carboxylic acids is 1. The lowest BCUT2D eigenvalue weighted by Gasteiger charge is -2.25. The highest BCUT2D eigenvalue weighted by molar-refractivity contribution is 5.93. The Kier molecular flexibility index (Phi) is 4.16. The summed E-state index contributed by atoms with van der Waals surface area (Å²) in [7, 11) is 1.83. The third-order valence-electron chi connectivity index (χ3n) is 3.70. The van der Waals surface area contributed by atoms with E-state index < -0.39 is 0 Å². The predicted molar refractivity (Wildman–Crippen MR) is 84.2 cm³/mol. The van der Waals surface area contributed by atoms with Crippen LogP contribution in [0.1, 0.15) is 49.7 Å². The van der Waals surface area contributed by atoms with Crippen molar-refractivity contribution in [3.05, 3.63) is 53.9 Å². The van der Waals surface area contributed by atoms with Gasteiger partial charge in [0.2, 0.25) is 0 Å². The molecule has 21 heavy (non-hydrogen) atoms. The first-order valence-electron chi connectivity index (χ1n) is 7.18. The Bertz CT molecular complexity index is 610. The summed E-state index contributed by atoms with van der Waals surface area (Å²) in [5.41, 5.74) is 1.62. The second kappa shape index (κ2) is 5.72. The molecule has 0 spiro atoms. The summed E-state index contributed by atoms with van der Waals surface area (Å²) in [6, 6.07) is 10.0. The maximum absolute atomic E-state index is 12.6. The molecule has 1 atom stereocenters. The molecule has 4 nitrogen and oxygen atoms in total. The maximum atomic E-state index is 12.6. The number of aromatic nitrogens is 2. The smallest absolute Gasteiger partial charge is 0.257 e. The van der Waals surface area contributed by atoms with E-state index in [4.69, 9.17) is 0 Å². The van der Waals surface area contributed by atoms with Crippen LogP contribution in [0.25, 0.3) is 0 Å². The Labute approximate surface area is 126 Å². The van der Waals surface area contributed by atoms with Crippen LogP contribution in [0.4, 0.5) is 0 Å². The van der Waals surface area contributed by atoms with Crippen molar-refractivity contribution < 1.29 is 4.79 Å². The predicted octanol–water partition coefficient (Wildman–Crippen LogP) is 3.47. The van der Waals surface area contributed by atoms with Gasteiger partial charge in [-0.1, -0.05) is 30.3 Å². The molecule has 1 heterocycles. The lowest BCUT2D eigenvalue weighted by molar-refractivity contribution is 0.0742. The molecule has 1 aromatic heterocycles. The molecule has 0 saturated carbocycles. The fourth-order valence-electron chi connectivity index (χ4n) is 2.13. The molecule has 2 rings (SSSR count). The summed E-state index contributed by atoms with van der Waals surface area (Å²) >= 11 is 0. The molecule has 0 aliphatic carbocycles. The molecule has 0 aliphatic heterocycles. The molecule has 1 amide bonds. The molecular formula is C17H23N3O. The lowest BCUT2D eigenvalue weighted by atomic mass is 10.1. The summed E-state index contributed by atoms with van der Waals surface area (Å²) < 4.78 is 1.82. The normalized spacial score (nSPS) is 13.0. The third-order valence-corrected chi connectivity index (χ3v) is 3.70. The number of nitrogens with zero attached hydrogens (tertiary/aromatic N) is 3. The zero-order valence-corrected chi connectivity index (χ0v) is 13.4. The number of amides is 1. The van der Waals surface area contributed by atoms with Gasteiger partial charge in [-0.05, 0) is 33.3 Å². The summed E-state index contributed by atoms with van der Waals surface area (Å²) in [5.74, 6) is -0.0122.